The highest BCUT2D eigenvalue weighted by Gasteiger charge is 2.22. The number of carbonyl (C=O) groups is 1. The monoisotopic (exact) mass is 422 g/mol. The van der Waals surface area contributed by atoms with Crippen LogP contribution in [0.25, 0.3) is 11.4 Å². The fraction of sp³-hybridized carbons (Fsp3) is 0.348. The molecule has 0 radical (unpaired) electrons. The number of hydrogen-bond donors (Lipinski definition) is 0. The third-order valence-corrected chi connectivity index (χ3v) is 5.44. The van der Waals surface area contributed by atoms with Gasteiger partial charge in [-0.15, -0.1) is 0 Å². The number of carbonyl (C=O) groups excluding carboxylic acids is 1. The second kappa shape index (κ2) is 9.51. The minimum absolute atomic E-state index is 0.110. The number of aromatic nitrogens is 2. The van der Waals surface area contributed by atoms with Gasteiger partial charge in [-0.2, -0.15) is 4.98 Å². The maximum Gasteiger partial charge on any atom is 0.227 e. The van der Waals surface area contributed by atoms with Gasteiger partial charge in [-0.3, -0.25) is 4.79 Å². The number of piperazine rings is 1. The number of anilines is 1. The predicted molar refractivity (Wildman–Crippen MR) is 116 cm³/mol. The summed E-state index contributed by atoms with van der Waals surface area (Å²) in [7, 11) is 3.28. The van der Waals surface area contributed by atoms with Crippen LogP contribution in [-0.2, 0) is 11.2 Å². The van der Waals surface area contributed by atoms with E-state index in [1.807, 2.05) is 53.4 Å². The van der Waals surface area contributed by atoms with Crippen molar-refractivity contribution < 1.29 is 18.8 Å². The second-order valence-electron chi connectivity index (χ2n) is 7.31. The number of hydrogen-bond acceptors (Lipinski definition) is 7. The molecule has 2 heterocycles. The Kier molecular flexibility index (Phi) is 6.35. The standard InChI is InChI=1S/C23H26N4O4/c1-29-19-7-3-17(4-8-19)23-24-21(31-25-23)11-12-22(28)27-15-13-26(14-16-27)18-5-9-20(30-2)10-6-18/h3-10H,11-16H2,1-2H3. The van der Waals surface area contributed by atoms with E-state index < -0.39 is 0 Å². The molecule has 8 nitrogen and oxygen atoms in total. The molecule has 0 aliphatic carbocycles. The van der Waals surface area contributed by atoms with Crippen LogP contribution in [0.1, 0.15) is 12.3 Å². The van der Waals surface area contributed by atoms with Gasteiger partial charge >= 0.3 is 0 Å². The van der Waals surface area contributed by atoms with Gasteiger partial charge in [0.15, 0.2) is 0 Å². The lowest BCUT2D eigenvalue weighted by Crippen LogP contribution is -2.48. The molecule has 0 spiro atoms. The van der Waals surface area contributed by atoms with E-state index in [0.29, 0.717) is 37.6 Å². The summed E-state index contributed by atoms with van der Waals surface area (Å²) in [6.45, 7) is 3.01. The van der Waals surface area contributed by atoms with Crippen LogP contribution in [0.3, 0.4) is 0 Å². The summed E-state index contributed by atoms with van der Waals surface area (Å²) in [5.41, 5.74) is 1.99. The van der Waals surface area contributed by atoms with E-state index in [4.69, 9.17) is 14.0 Å². The Labute approximate surface area is 181 Å². The molecule has 162 valence electrons. The molecule has 1 aromatic heterocycles. The lowest BCUT2D eigenvalue weighted by atomic mass is 10.2. The van der Waals surface area contributed by atoms with Crippen LogP contribution in [0, 0.1) is 0 Å². The Morgan fingerprint density at radius 1 is 0.935 bits per heavy atom. The van der Waals surface area contributed by atoms with Gasteiger partial charge in [0.25, 0.3) is 0 Å². The van der Waals surface area contributed by atoms with Crippen LogP contribution in [0.2, 0.25) is 0 Å². The molecule has 4 rings (SSSR count). The summed E-state index contributed by atoms with van der Waals surface area (Å²) >= 11 is 0. The number of ether oxygens (including phenoxy) is 2. The predicted octanol–water partition coefficient (Wildman–Crippen LogP) is 3.04. The SMILES string of the molecule is COc1ccc(-c2noc(CCC(=O)N3CCN(c4ccc(OC)cc4)CC3)n2)cc1. The quantitative estimate of drug-likeness (QED) is 0.579. The highest BCUT2D eigenvalue weighted by Crippen LogP contribution is 2.22. The van der Waals surface area contributed by atoms with E-state index >= 15 is 0 Å². The first-order valence-corrected chi connectivity index (χ1v) is 10.3. The molecule has 0 bridgehead atoms. The molecule has 1 aliphatic heterocycles. The molecule has 0 atom stereocenters. The largest absolute Gasteiger partial charge is 0.497 e. The van der Waals surface area contributed by atoms with Crippen molar-refractivity contribution in [1.29, 1.82) is 0 Å². The average Bonchev–Trinajstić information content (AvgIpc) is 3.32. The number of rotatable bonds is 7. The van der Waals surface area contributed by atoms with Crippen LogP contribution >= 0.6 is 0 Å². The van der Waals surface area contributed by atoms with Crippen molar-refractivity contribution in [2.75, 3.05) is 45.3 Å². The van der Waals surface area contributed by atoms with Crippen molar-refractivity contribution in [3.05, 3.63) is 54.4 Å². The Morgan fingerprint density at radius 2 is 1.55 bits per heavy atom. The minimum Gasteiger partial charge on any atom is -0.497 e. The minimum atomic E-state index is 0.110. The maximum atomic E-state index is 12.6. The number of amides is 1. The highest BCUT2D eigenvalue weighted by molar-refractivity contribution is 5.76. The third-order valence-electron chi connectivity index (χ3n) is 5.44. The maximum absolute atomic E-state index is 12.6. The van der Waals surface area contributed by atoms with E-state index in [0.717, 1.165) is 35.8 Å². The zero-order valence-electron chi connectivity index (χ0n) is 17.8. The van der Waals surface area contributed by atoms with Gasteiger partial charge in [-0.25, -0.2) is 0 Å². The smallest absolute Gasteiger partial charge is 0.227 e. The number of nitrogens with zero attached hydrogens (tertiary/aromatic N) is 4. The van der Waals surface area contributed by atoms with E-state index in [1.54, 1.807) is 14.2 Å². The normalized spacial score (nSPS) is 13.9. The Bertz CT molecular complexity index is 993. The van der Waals surface area contributed by atoms with Crippen LogP contribution in [0.5, 0.6) is 11.5 Å². The first-order valence-electron chi connectivity index (χ1n) is 10.3. The van der Waals surface area contributed by atoms with E-state index in [2.05, 4.69) is 15.0 Å². The van der Waals surface area contributed by atoms with Crippen LogP contribution in [0.4, 0.5) is 5.69 Å². The summed E-state index contributed by atoms with van der Waals surface area (Å²) in [6, 6.07) is 15.5. The molecule has 8 heteroatoms. The molecular formula is C23H26N4O4. The van der Waals surface area contributed by atoms with Gasteiger partial charge < -0.3 is 23.8 Å². The number of methoxy groups -OCH3 is 2. The molecule has 1 amide bonds. The molecule has 0 unspecified atom stereocenters. The highest BCUT2D eigenvalue weighted by atomic mass is 16.5. The first kappa shape index (κ1) is 20.7. The van der Waals surface area contributed by atoms with E-state index in [9.17, 15) is 4.79 Å². The summed E-state index contributed by atoms with van der Waals surface area (Å²) < 4.78 is 15.7. The Hall–Kier alpha value is -3.55. The van der Waals surface area contributed by atoms with Crippen LogP contribution < -0.4 is 14.4 Å². The average molecular weight is 422 g/mol. The Balaban J connectivity index is 1.26. The summed E-state index contributed by atoms with van der Waals surface area (Å²) in [4.78, 5) is 21.2. The van der Waals surface area contributed by atoms with Crippen LogP contribution in [0.15, 0.2) is 53.1 Å². The molecule has 1 saturated heterocycles. The molecular weight excluding hydrogens is 396 g/mol. The van der Waals surface area contributed by atoms with Gasteiger partial charge in [-0.05, 0) is 48.5 Å². The molecule has 0 saturated carbocycles. The molecule has 3 aromatic rings. The summed E-state index contributed by atoms with van der Waals surface area (Å²) in [5, 5.41) is 4.02. The Morgan fingerprint density at radius 3 is 2.16 bits per heavy atom. The summed E-state index contributed by atoms with van der Waals surface area (Å²) in [6.07, 6.45) is 0.785. The first-order chi connectivity index (χ1) is 15.2. The van der Waals surface area contributed by atoms with Gasteiger partial charge in [0.1, 0.15) is 11.5 Å². The van der Waals surface area contributed by atoms with Crippen molar-refractivity contribution >= 4 is 11.6 Å². The molecule has 31 heavy (non-hydrogen) atoms. The van der Waals surface area contributed by atoms with E-state index in [-0.39, 0.29) is 5.91 Å². The van der Waals surface area contributed by atoms with Gasteiger partial charge in [-0.1, -0.05) is 5.16 Å². The molecule has 0 N–H and O–H groups in total. The van der Waals surface area contributed by atoms with Crippen molar-refractivity contribution in [2.45, 2.75) is 12.8 Å². The lowest BCUT2D eigenvalue weighted by Gasteiger charge is -2.36. The number of aryl methyl sites for hydroxylation is 1. The fourth-order valence-electron chi connectivity index (χ4n) is 3.59. The van der Waals surface area contributed by atoms with Crippen molar-refractivity contribution in [3.63, 3.8) is 0 Å². The lowest BCUT2D eigenvalue weighted by molar-refractivity contribution is -0.131. The zero-order valence-corrected chi connectivity index (χ0v) is 17.8. The van der Waals surface area contributed by atoms with Crippen molar-refractivity contribution in [1.82, 2.24) is 15.0 Å². The van der Waals surface area contributed by atoms with E-state index in [1.165, 1.54) is 0 Å². The third kappa shape index (κ3) is 4.96. The topological polar surface area (TPSA) is 80.9 Å². The van der Waals surface area contributed by atoms with Gasteiger partial charge in [0.2, 0.25) is 17.6 Å². The second-order valence-corrected chi connectivity index (χ2v) is 7.31. The molecule has 2 aromatic carbocycles. The number of benzene rings is 2. The molecule has 1 fully saturated rings. The van der Waals surface area contributed by atoms with Gasteiger partial charge in [0.05, 0.1) is 14.2 Å². The fourth-order valence-corrected chi connectivity index (χ4v) is 3.59. The van der Waals surface area contributed by atoms with Crippen molar-refractivity contribution in [2.24, 2.45) is 0 Å². The van der Waals surface area contributed by atoms with Crippen LogP contribution in [-0.4, -0.2) is 61.3 Å². The summed E-state index contributed by atoms with van der Waals surface area (Å²) in [5.74, 6) is 2.70. The molecule has 1 aliphatic rings. The zero-order chi connectivity index (χ0) is 21.6. The van der Waals surface area contributed by atoms with Gasteiger partial charge in [0, 0.05) is 50.3 Å². The van der Waals surface area contributed by atoms with Crippen molar-refractivity contribution in [3.8, 4) is 22.9 Å².